The van der Waals surface area contributed by atoms with Gasteiger partial charge in [-0.1, -0.05) is 41.5 Å². The van der Waals surface area contributed by atoms with Gasteiger partial charge in [-0.05, 0) is 10.8 Å². The number of carbonyl (C=O) groups is 1. The van der Waals surface area contributed by atoms with Gasteiger partial charge in [-0.3, -0.25) is 4.79 Å². The Morgan fingerprint density at radius 2 is 1.69 bits per heavy atom. The molecule has 16 heavy (non-hydrogen) atoms. The lowest BCUT2D eigenvalue weighted by Crippen LogP contribution is -2.33. The van der Waals surface area contributed by atoms with Gasteiger partial charge >= 0.3 is 0 Å². The molecule has 1 aliphatic carbocycles. The van der Waals surface area contributed by atoms with Crippen molar-refractivity contribution >= 4 is 5.91 Å². The number of rotatable bonds is 5. The number of nitrogens with one attached hydrogen (secondary N) is 2. The van der Waals surface area contributed by atoms with Crippen molar-refractivity contribution in [3.05, 3.63) is 0 Å². The molecule has 1 saturated carbocycles. The summed E-state index contributed by atoms with van der Waals surface area (Å²) in [5.41, 5.74) is 0.461. The van der Waals surface area contributed by atoms with Crippen molar-refractivity contribution in [3.63, 3.8) is 0 Å². The first-order valence-electron chi connectivity index (χ1n) is 6.22. The maximum absolute atomic E-state index is 11.7. The van der Waals surface area contributed by atoms with Gasteiger partial charge in [-0.2, -0.15) is 0 Å². The fraction of sp³-hybridized carbons (Fsp3) is 0.923. The van der Waals surface area contributed by atoms with Gasteiger partial charge in [-0.15, -0.1) is 0 Å². The first-order valence-corrected chi connectivity index (χ1v) is 6.22. The molecule has 94 valence electrons. The van der Waals surface area contributed by atoms with Crippen molar-refractivity contribution in [3.8, 4) is 0 Å². The zero-order chi connectivity index (χ0) is 12.6. The highest BCUT2D eigenvalue weighted by atomic mass is 16.1. The highest BCUT2D eigenvalue weighted by Crippen LogP contribution is 2.62. The molecule has 0 unspecified atom stereocenters. The average Bonchev–Trinajstić information content (AvgIpc) is 2.47. The van der Waals surface area contributed by atoms with E-state index >= 15 is 0 Å². The van der Waals surface area contributed by atoms with E-state index in [1.165, 1.54) is 0 Å². The molecule has 0 aromatic heterocycles. The Hall–Kier alpha value is -0.570. The molecule has 3 nitrogen and oxygen atoms in total. The third kappa shape index (κ3) is 2.57. The fourth-order valence-corrected chi connectivity index (χ4v) is 2.26. The zero-order valence-electron chi connectivity index (χ0n) is 11.5. The number of hydrogen-bond acceptors (Lipinski definition) is 2. The molecule has 0 aliphatic heterocycles. The minimum atomic E-state index is 0.164. The first kappa shape index (κ1) is 13.5. The van der Waals surface area contributed by atoms with Crippen LogP contribution in [0.2, 0.25) is 0 Å². The maximum Gasteiger partial charge on any atom is 0.221 e. The summed E-state index contributed by atoms with van der Waals surface area (Å²) in [5, 5.41) is 6.38. The third-order valence-corrected chi connectivity index (χ3v) is 4.23. The summed E-state index contributed by atoms with van der Waals surface area (Å²) in [5.74, 6) is 0.164. The van der Waals surface area contributed by atoms with Crippen molar-refractivity contribution in [2.75, 3.05) is 6.54 Å². The van der Waals surface area contributed by atoms with Crippen LogP contribution < -0.4 is 10.6 Å². The van der Waals surface area contributed by atoms with Crippen LogP contribution in [0.5, 0.6) is 0 Å². The normalized spacial score (nSPS) is 22.2. The van der Waals surface area contributed by atoms with Crippen molar-refractivity contribution in [2.24, 2.45) is 10.8 Å². The molecule has 0 aromatic rings. The predicted molar refractivity (Wildman–Crippen MR) is 67.2 cm³/mol. The van der Waals surface area contributed by atoms with Crippen LogP contribution in [-0.4, -0.2) is 24.5 Å². The minimum absolute atomic E-state index is 0.164. The predicted octanol–water partition coefficient (Wildman–Crippen LogP) is 1.93. The highest BCUT2D eigenvalue weighted by molar-refractivity contribution is 5.77. The summed E-state index contributed by atoms with van der Waals surface area (Å²) in [4.78, 5) is 11.7. The van der Waals surface area contributed by atoms with E-state index in [9.17, 15) is 4.79 Å². The van der Waals surface area contributed by atoms with E-state index < -0.39 is 0 Å². The van der Waals surface area contributed by atoms with Crippen LogP contribution in [-0.2, 0) is 4.79 Å². The molecule has 1 aliphatic rings. The van der Waals surface area contributed by atoms with Crippen LogP contribution in [0.15, 0.2) is 0 Å². The Kier molecular flexibility index (Phi) is 3.68. The summed E-state index contributed by atoms with van der Waals surface area (Å²) >= 11 is 0. The summed E-state index contributed by atoms with van der Waals surface area (Å²) in [7, 11) is 0. The van der Waals surface area contributed by atoms with E-state index in [1.54, 1.807) is 0 Å². The van der Waals surface area contributed by atoms with Gasteiger partial charge in [0.1, 0.15) is 0 Å². The molecule has 1 fully saturated rings. The largest absolute Gasteiger partial charge is 0.352 e. The summed E-state index contributed by atoms with van der Waals surface area (Å²) in [6.45, 7) is 13.8. The molecule has 1 rings (SSSR count). The van der Waals surface area contributed by atoms with Gasteiger partial charge in [-0.25, -0.2) is 0 Å². The molecule has 2 N–H and O–H groups in total. The van der Waals surface area contributed by atoms with E-state index in [0.29, 0.717) is 18.5 Å². The number of carbonyl (C=O) groups excluding carboxylic acids is 1. The zero-order valence-corrected chi connectivity index (χ0v) is 11.5. The molecule has 1 amide bonds. The highest BCUT2D eigenvalue weighted by Gasteiger charge is 2.65. The second-order valence-electron chi connectivity index (χ2n) is 6.30. The van der Waals surface area contributed by atoms with Crippen molar-refractivity contribution in [1.29, 1.82) is 0 Å². The monoisotopic (exact) mass is 226 g/mol. The standard InChI is InChI=1S/C13H26N2O/c1-9(2)14-8-7-10(16)15-11-12(3,4)13(11,5)6/h9,11,14H,7-8H2,1-6H3,(H,15,16). The van der Waals surface area contributed by atoms with E-state index in [0.717, 1.165) is 6.54 Å². The lowest BCUT2D eigenvalue weighted by atomic mass is 10.0. The van der Waals surface area contributed by atoms with Crippen LogP contribution in [0.1, 0.15) is 48.0 Å². The van der Waals surface area contributed by atoms with Crippen LogP contribution in [0.4, 0.5) is 0 Å². The summed E-state index contributed by atoms with van der Waals surface area (Å²) in [6, 6.07) is 0.771. The van der Waals surface area contributed by atoms with Gasteiger partial charge in [0.05, 0.1) is 0 Å². The van der Waals surface area contributed by atoms with Gasteiger partial charge in [0.25, 0.3) is 0 Å². The quantitative estimate of drug-likeness (QED) is 0.752. The van der Waals surface area contributed by atoms with Crippen LogP contribution in [0, 0.1) is 10.8 Å². The third-order valence-electron chi connectivity index (χ3n) is 4.23. The molecular weight excluding hydrogens is 200 g/mol. The second kappa shape index (κ2) is 4.36. The van der Waals surface area contributed by atoms with Gasteiger partial charge < -0.3 is 10.6 Å². The Bertz CT molecular complexity index is 255. The molecule has 0 heterocycles. The maximum atomic E-state index is 11.7. The van der Waals surface area contributed by atoms with Crippen LogP contribution in [0.3, 0.4) is 0 Å². The van der Waals surface area contributed by atoms with Gasteiger partial charge in [0.2, 0.25) is 5.91 Å². The molecule has 0 spiro atoms. The molecule has 0 bridgehead atoms. The molecule has 0 radical (unpaired) electrons. The number of amides is 1. The van der Waals surface area contributed by atoms with E-state index in [2.05, 4.69) is 52.2 Å². The Morgan fingerprint density at radius 3 is 2.06 bits per heavy atom. The van der Waals surface area contributed by atoms with Crippen LogP contribution in [0.25, 0.3) is 0 Å². The van der Waals surface area contributed by atoms with Crippen molar-refractivity contribution in [1.82, 2.24) is 10.6 Å². The Morgan fingerprint density at radius 1 is 1.19 bits per heavy atom. The Labute approximate surface area is 99.4 Å². The van der Waals surface area contributed by atoms with Crippen molar-refractivity contribution in [2.45, 2.75) is 60.0 Å². The first-order chi connectivity index (χ1) is 7.19. The van der Waals surface area contributed by atoms with E-state index in [1.807, 2.05) is 0 Å². The minimum Gasteiger partial charge on any atom is -0.352 e. The van der Waals surface area contributed by atoms with Crippen LogP contribution >= 0.6 is 0 Å². The lowest BCUT2D eigenvalue weighted by molar-refractivity contribution is -0.121. The smallest absolute Gasteiger partial charge is 0.221 e. The van der Waals surface area contributed by atoms with Crippen molar-refractivity contribution < 1.29 is 4.79 Å². The molecule has 0 saturated heterocycles. The number of hydrogen-bond donors (Lipinski definition) is 2. The summed E-state index contributed by atoms with van der Waals surface area (Å²) < 4.78 is 0. The molecule has 0 atom stereocenters. The van der Waals surface area contributed by atoms with Gasteiger partial charge in [0, 0.05) is 25.0 Å². The van der Waals surface area contributed by atoms with Gasteiger partial charge in [0.15, 0.2) is 0 Å². The second-order valence-corrected chi connectivity index (χ2v) is 6.30. The molecule has 3 heteroatoms. The summed E-state index contributed by atoms with van der Waals surface area (Å²) in [6.07, 6.45) is 0.570. The lowest BCUT2D eigenvalue weighted by Gasteiger charge is -2.09. The fourth-order valence-electron chi connectivity index (χ4n) is 2.26. The topological polar surface area (TPSA) is 41.1 Å². The SMILES string of the molecule is CC(C)NCCC(=O)NC1C(C)(C)C1(C)C. The Balaban J connectivity index is 2.27. The molecule has 0 aromatic carbocycles. The average molecular weight is 226 g/mol. The molecular formula is C13H26N2O. The van der Waals surface area contributed by atoms with E-state index in [-0.39, 0.29) is 16.7 Å². The van der Waals surface area contributed by atoms with E-state index in [4.69, 9.17) is 0 Å².